The Bertz CT molecular complexity index is 215. The lowest BCUT2D eigenvalue weighted by atomic mass is 9.84. The van der Waals surface area contributed by atoms with Gasteiger partial charge in [0.25, 0.3) is 0 Å². The van der Waals surface area contributed by atoms with E-state index in [0.29, 0.717) is 6.54 Å². The van der Waals surface area contributed by atoms with Crippen LogP contribution in [0.1, 0.15) is 19.8 Å². The summed E-state index contributed by atoms with van der Waals surface area (Å²) in [4.78, 5) is 10.7. The number of carbonyl (C=O) groups excluding carboxylic acids is 1. The number of alkyl halides is 3. The maximum absolute atomic E-state index is 12.0. The van der Waals surface area contributed by atoms with Crippen LogP contribution in [0.2, 0.25) is 0 Å². The van der Waals surface area contributed by atoms with E-state index in [4.69, 9.17) is 0 Å². The smallest absolute Gasteiger partial charge is 0.316 e. The van der Waals surface area contributed by atoms with Crippen LogP contribution in [-0.2, 0) is 4.79 Å². The topological polar surface area (TPSA) is 29.1 Å². The van der Waals surface area contributed by atoms with Gasteiger partial charge in [-0.15, -0.1) is 0 Å². The molecule has 1 rings (SSSR count). The molecule has 0 bridgehead atoms. The second-order valence-corrected chi connectivity index (χ2v) is 3.86. The Balaban J connectivity index is 2.46. The lowest BCUT2D eigenvalue weighted by molar-refractivity contribution is -0.172. The molecular weight excluding hydrogens is 195 g/mol. The normalized spacial score (nSPS) is 28.9. The molecule has 5 heteroatoms. The lowest BCUT2D eigenvalue weighted by Gasteiger charge is -2.29. The van der Waals surface area contributed by atoms with Crippen LogP contribution >= 0.6 is 0 Å². The van der Waals surface area contributed by atoms with Crippen molar-refractivity contribution >= 4 is 5.78 Å². The van der Waals surface area contributed by atoms with Crippen molar-refractivity contribution in [2.45, 2.75) is 25.9 Å². The molecule has 1 N–H and O–H groups in total. The summed E-state index contributed by atoms with van der Waals surface area (Å²) in [7, 11) is 0. The summed E-state index contributed by atoms with van der Waals surface area (Å²) < 4.78 is 35.9. The minimum absolute atomic E-state index is 0.169. The van der Waals surface area contributed by atoms with E-state index < -0.39 is 12.0 Å². The fourth-order valence-corrected chi connectivity index (χ4v) is 1.68. The number of hydrogen-bond donors (Lipinski definition) is 1. The maximum atomic E-state index is 12.0. The number of halogens is 3. The van der Waals surface area contributed by atoms with Crippen LogP contribution in [0.15, 0.2) is 0 Å². The second-order valence-electron chi connectivity index (χ2n) is 3.86. The quantitative estimate of drug-likeness (QED) is 0.750. The van der Waals surface area contributed by atoms with Gasteiger partial charge >= 0.3 is 6.18 Å². The molecule has 1 aliphatic heterocycles. The Labute approximate surface area is 80.9 Å². The van der Waals surface area contributed by atoms with Gasteiger partial charge in [-0.2, -0.15) is 13.2 Å². The zero-order valence-electron chi connectivity index (χ0n) is 8.03. The second kappa shape index (κ2) is 4.29. The first kappa shape index (κ1) is 11.5. The minimum atomic E-state index is -4.67. The molecule has 0 spiro atoms. The van der Waals surface area contributed by atoms with Crippen molar-refractivity contribution in [3.63, 3.8) is 0 Å². The molecule has 0 aromatic heterocycles. The highest BCUT2D eigenvalue weighted by atomic mass is 19.4. The van der Waals surface area contributed by atoms with Gasteiger partial charge in [0.05, 0.1) is 0 Å². The summed E-state index contributed by atoms with van der Waals surface area (Å²) in [5.74, 6) is -1.57. The molecule has 2 unspecified atom stereocenters. The summed E-state index contributed by atoms with van der Waals surface area (Å²) in [5.41, 5.74) is 0. The molecule has 0 saturated carbocycles. The van der Waals surface area contributed by atoms with Crippen molar-refractivity contribution in [3.8, 4) is 0 Å². The molecule has 2 atom stereocenters. The standard InChI is InChI=1S/C9H14F3NO/c1-6-2-3-13-5-7(6)4-8(14)9(10,11)12/h6-7,13H,2-5H2,1H3. The summed E-state index contributed by atoms with van der Waals surface area (Å²) >= 11 is 0. The van der Waals surface area contributed by atoms with E-state index in [0.717, 1.165) is 13.0 Å². The van der Waals surface area contributed by atoms with Gasteiger partial charge in [-0.3, -0.25) is 4.79 Å². The van der Waals surface area contributed by atoms with Gasteiger partial charge in [0.2, 0.25) is 5.78 Å². The van der Waals surface area contributed by atoms with Gasteiger partial charge in [0.1, 0.15) is 0 Å². The van der Waals surface area contributed by atoms with Crippen LogP contribution in [0.3, 0.4) is 0 Å². The van der Waals surface area contributed by atoms with Crippen LogP contribution in [0.5, 0.6) is 0 Å². The minimum Gasteiger partial charge on any atom is -0.316 e. The highest BCUT2D eigenvalue weighted by Crippen LogP contribution is 2.26. The summed E-state index contributed by atoms with van der Waals surface area (Å²) in [6.07, 6.45) is -4.20. The molecule has 1 saturated heterocycles. The van der Waals surface area contributed by atoms with Gasteiger partial charge in [-0.25, -0.2) is 0 Å². The third kappa shape index (κ3) is 2.97. The van der Waals surface area contributed by atoms with Crippen molar-refractivity contribution in [2.24, 2.45) is 11.8 Å². The Kier molecular flexibility index (Phi) is 3.53. The van der Waals surface area contributed by atoms with Crippen molar-refractivity contribution in [2.75, 3.05) is 13.1 Å². The molecule has 0 aromatic carbocycles. The molecule has 0 aliphatic carbocycles. The van der Waals surface area contributed by atoms with Gasteiger partial charge < -0.3 is 5.32 Å². The molecule has 2 nitrogen and oxygen atoms in total. The predicted octanol–water partition coefficient (Wildman–Crippen LogP) is 1.75. The summed E-state index contributed by atoms with van der Waals surface area (Å²) in [5, 5.41) is 3.00. The molecule has 1 fully saturated rings. The Morgan fingerprint density at radius 2 is 2.14 bits per heavy atom. The van der Waals surface area contributed by atoms with Crippen LogP contribution in [0.25, 0.3) is 0 Å². The molecule has 82 valence electrons. The van der Waals surface area contributed by atoms with E-state index in [9.17, 15) is 18.0 Å². The van der Waals surface area contributed by atoms with Crippen LogP contribution < -0.4 is 5.32 Å². The molecule has 14 heavy (non-hydrogen) atoms. The molecule has 1 aliphatic rings. The number of nitrogens with one attached hydrogen (secondary N) is 1. The Morgan fingerprint density at radius 3 is 2.64 bits per heavy atom. The number of carbonyl (C=O) groups is 1. The van der Waals surface area contributed by atoms with E-state index in [1.165, 1.54) is 0 Å². The van der Waals surface area contributed by atoms with Gasteiger partial charge in [0.15, 0.2) is 0 Å². The fraction of sp³-hybridized carbons (Fsp3) is 0.889. The number of ketones is 1. The lowest BCUT2D eigenvalue weighted by Crippen LogP contribution is -2.38. The zero-order valence-corrected chi connectivity index (χ0v) is 8.03. The van der Waals surface area contributed by atoms with Crippen molar-refractivity contribution in [1.29, 1.82) is 0 Å². The largest absolute Gasteiger partial charge is 0.449 e. The first-order valence-corrected chi connectivity index (χ1v) is 4.72. The van der Waals surface area contributed by atoms with E-state index >= 15 is 0 Å². The van der Waals surface area contributed by atoms with Crippen LogP contribution in [0.4, 0.5) is 13.2 Å². The van der Waals surface area contributed by atoms with E-state index in [2.05, 4.69) is 5.32 Å². The summed E-state index contributed by atoms with van der Waals surface area (Å²) in [6, 6.07) is 0. The van der Waals surface area contributed by atoms with E-state index in [1.54, 1.807) is 0 Å². The van der Waals surface area contributed by atoms with Crippen LogP contribution in [0, 0.1) is 11.8 Å². The molecular formula is C9H14F3NO. The van der Waals surface area contributed by atoms with E-state index in [-0.39, 0.29) is 18.3 Å². The number of rotatable bonds is 2. The first-order chi connectivity index (χ1) is 6.41. The fourth-order valence-electron chi connectivity index (χ4n) is 1.68. The molecule has 0 amide bonds. The molecule has 0 radical (unpaired) electrons. The third-order valence-electron chi connectivity index (χ3n) is 2.75. The number of piperidine rings is 1. The predicted molar refractivity (Wildman–Crippen MR) is 45.8 cm³/mol. The average Bonchev–Trinajstić information content (AvgIpc) is 2.07. The Morgan fingerprint density at radius 1 is 1.50 bits per heavy atom. The number of hydrogen-bond acceptors (Lipinski definition) is 2. The SMILES string of the molecule is CC1CCNCC1CC(=O)C(F)(F)F. The molecule has 1 heterocycles. The molecule has 0 aromatic rings. The van der Waals surface area contributed by atoms with Gasteiger partial charge in [-0.1, -0.05) is 6.92 Å². The van der Waals surface area contributed by atoms with Crippen molar-refractivity contribution in [1.82, 2.24) is 5.32 Å². The average molecular weight is 209 g/mol. The van der Waals surface area contributed by atoms with Gasteiger partial charge in [0, 0.05) is 6.42 Å². The number of Topliss-reactive ketones (excluding diaryl/α,β-unsaturated/α-hetero) is 1. The highest BCUT2D eigenvalue weighted by molar-refractivity contribution is 5.84. The van der Waals surface area contributed by atoms with Crippen molar-refractivity contribution in [3.05, 3.63) is 0 Å². The third-order valence-corrected chi connectivity index (χ3v) is 2.75. The van der Waals surface area contributed by atoms with Crippen LogP contribution in [-0.4, -0.2) is 25.0 Å². The highest BCUT2D eigenvalue weighted by Gasteiger charge is 2.40. The zero-order chi connectivity index (χ0) is 10.8. The van der Waals surface area contributed by atoms with E-state index in [1.807, 2.05) is 6.92 Å². The first-order valence-electron chi connectivity index (χ1n) is 4.72. The van der Waals surface area contributed by atoms with Crippen molar-refractivity contribution < 1.29 is 18.0 Å². The van der Waals surface area contributed by atoms with Gasteiger partial charge in [-0.05, 0) is 31.3 Å². The maximum Gasteiger partial charge on any atom is 0.449 e. The summed E-state index contributed by atoms with van der Waals surface area (Å²) in [6.45, 7) is 3.25. The Hall–Kier alpha value is -0.580. The monoisotopic (exact) mass is 209 g/mol.